The van der Waals surface area contributed by atoms with Crippen LogP contribution in [0.2, 0.25) is 0 Å². The number of furan rings is 1. The van der Waals surface area contributed by atoms with Crippen LogP contribution >= 0.6 is 0 Å². The zero-order valence-corrected chi connectivity index (χ0v) is 33.5. The standard InChI is InChI=1S/C32H20N3O.C17H20N.Ir/c1-20-14-16-24-25-17-15-21(19-33)30(32(25)36-31(24)29(20)28-13-7-8-18-34(28)2)35-26-11-5-3-9-22(26)23-10-4-6-12-27(23)35;1-13-8-6-7-9-15(13)16-11-10-14(12-18(16)5)17(2,3)4;/h3-18H,1-2H2;6-12H,1,5H2,2-4H3;/q2*-1;. The Kier molecular flexibility index (Phi) is 9.71. The van der Waals surface area contributed by atoms with E-state index in [1.807, 2.05) is 100 Å². The van der Waals surface area contributed by atoms with Crippen LogP contribution in [0.15, 0.2) is 144 Å². The predicted molar refractivity (Wildman–Crippen MR) is 220 cm³/mol. The molecule has 0 bridgehead atoms. The van der Waals surface area contributed by atoms with Crippen LogP contribution in [-0.2, 0) is 25.5 Å². The Morgan fingerprint density at radius 3 is 1.87 bits per heavy atom. The number of aromatic nitrogens is 3. The minimum atomic E-state index is 0. The summed E-state index contributed by atoms with van der Waals surface area (Å²) in [4.78, 5) is 0. The zero-order valence-electron chi connectivity index (χ0n) is 31.1. The molecule has 0 saturated heterocycles. The number of hydrogen-bond acceptors (Lipinski definition) is 2. The number of pyridine rings is 2. The van der Waals surface area contributed by atoms with E-state index in [-0.39, 0.29) is 25.5 Å². The molecule has 273 valence electrons. The van der Waals surface area contributed by atoms with Crippen molar-refractivity contribution in [1.29, 1.82) is 5.26 Å². The first-order valence-electron chi connectivity index (χ1n) is 17.9. The maximum Gasteiger partial charge on any atom is 0.159 e. The largest absolute Gasteiger partial charge is 0.467 e. The van der Waals surface area contributed by atoms with Gasteiger partial charge in [0, 0.05) is 55.7 Å². The van der Waals surface area contributed by atoms with E-state index in [1.54, 1.807) is 0 Å². The van der Waals surface area contributed by atoms with Gasteiger partial charge in [-0.15, -0.1) is 23.8 Å². The van der Waals surface area contributed by atoms with Gasteiger partial charge in [-0.3, -0.25) is 0 Å². The number of para-hydroxylation sites is 2. The Morgan fingerprint density at radius 2 is 1.24 bits per heavy atom. The third-order valence-corrected chi connectivity index (χ3v) is 10.2. The van der Waals surface area contributed by atoms with Gasteiger partial charge in [0.1, 0.15) is 11.8 Å². The predicted octanol–water partition coefficient (Wildman–Crippen LogP) is 11.1. The summed E-state index contributed by atoms with van der Waals surface area (Å²) in [7, 11) is 8.25. The smallest absolute Gasteiger partial charge is 0.159 e. The van der Waals surface area contributed by atoms with E-state index in [2.05, 4.69) is 108 Å². The van der Waals surface area contributed by atoms with E-state index >= 15 is 0 Å². The van der Waals surface area contributed by atoms with Gasteiger partial charge >= 0.3 is 0 Å². The first-order valence-corrected chi connectivity index (χ1v) is 17.9. The summed E-state index contributed by atoms with van der Waals surface area (Å²) < 4.78 is 12.6. The minimum Gasteiger partial charge on any atom is -0.467 e. The van der Waals surface area contributed by atoms with E-state index in [0.717, 1.165) is 77.5 Å². The molecule has 0 spiro atoms. The van der Waals surface area contributed by atoms with E-state index in [0.29, 0.717) is 11.1 Å². The quantitative estimate of drug-likeness (QED) is 0.131. The van der Waals surface area contributed by atoms with Crippen LogP contribution in [0.4, 0.5) is 0 Å². The molecule has 9 aromatic rings. The van der Waals surface area contributed by atoms with Crippen molar-refractivity contribution in [3.05, 3.63) is 190 Å². The van der Waals surface area contributed by atoms with Gasteiger partial charge in [-0.05, 0) is 35.2 Å². The maximum absolute atomic E-state index is 10.2. The van der Waals surface area contributed by atoms with Crippen molar-refractivity contribution in [2.75, 3.05) is 0 Å². The van der Waals surface area contributed by atoms with Gasteiger partial charge < -0.3 is 18.1 Å². The summed E-state index contributed by atoms with van der Waals surface area (Å²) in [6.45, 7) is 15.0. The summed E-state index contributed by atoms with van der Waals surface area (Å²) in [5.74, 6) is 0. The van der Waals surface area contributed by atoms with Crippen LogP contribution in [0.25, 0.3) is 71.9 Å². The van der Waals surface area contributed by atoms with Crippen molar-refractivity contribution >= 4 is 43.7 Å². The molecule has 0 N–H and O–H groups in total. The molecule has 9 rings (SSSR count). The molecule has 0 aliphatic carbocycles. The second-order valence-corrected chi connectivity index (χ2v) is 14.6. The fraction of sp³-hybridized carbons (Fsp3) is 0.0816. The van der Waals surface area contributed by atoms with Crippen molar-refractivity contribution in [3.63, 3.8) is 0 Å². The third kappa shape index (κ3) is 6.38. The van der Waals surface area contributed by atoms with Gasteiger partial charge in [-0.1, -0.05) is 99.1 Å². The second kappa shape index (κ2) is 14.5. The molecule has 4 heterocycles. The molecule has 0 fully saturated rings. The molecular weight excluding hydrogens is 853 g/mol. The molecule has 0 atom stereocenters. The van der Waals surface area contributed by atoms with Gasteiger partial charge in [0.25, 0.3) is 0 Å². The monoisotopic (exact) mass is 893 g/mol. The minimum absolute atomic E-state index is 0. The van der Waals surface area contributed by atoms with E-state index in [4.69, 9.17) is 4.42 Å². The molecule has 0 unspecified atom stereocenters. The van der Waals surface area contributed by atoms with Gasteiger partial charge in [0.05, 0.1) is 46.0 Å². The van der Waals surface area contributed by atoms with E-state index in [9.17, 15) is 5.26 Å². The Labute approximate surface area is 336 Å². The fourth-order valence-electron chi connectivity index (χ4n) is 7.39. The Morgan fingerprint density at radius 1 is 0.618 bits per heavy atom. The molecule has 6 heteroatoms. The number of rotatable bonds is 3. The molecule has 1 radical (unpaired) electrons. The normalized spacial score (nSPS) is 11.3. The van der Waals surface area contributed by atoms with Crippen LogP contribution in [0.1, 0.15) is 43.0 Å². The molecule has 0 amide bonds. The van der Waals surface area contributed by atoms with E-state index < -0.39 is 0 Å². The molecule has 0 aliphatic heterocycles. The summed E-state index contributed by atoms with van der Waals surface area (Å²) >= 11 is 0. The molecule has 4 aromatic heterocycles. The maximum atomic E-state index is 10.2. The van der Waals surface area contributed by atoms with Crippen molar-refractivity contribution in [1.82, 2.24) is 4.57 Å². The van der Waals surface area contributed by atoms with Crippen molar-refractivity contribution in [2.45, 2.75) is 26.2 Å². The number of nitriles is 1. The topological polar surface area (TPSA) is 49.6 Å². The number of hydrogen-bond donors (Lipinski definition) is 0. The third-order valence-electron chi connectivity index (χ3n) is 10.2. The van der Waals surface area contributed by atoms with Crippen LogP contribution in [0, 0.1) is 39.3 Å². The number of nitrogens with zero attached hydrogens (tertiary/aromatic N) is 4. The Balaban J connectivity index is 0.000000208. The van der Waals surface area contributed by atoms with Crippen LogP contribution < -0.4 is 9.13 Å². The average Bonchev–Trinajstić information content (AvgIpc) is 3.71. The summed E-state index contributed by atoms with van der Waals surface area (Å²) in [6, 6.07) is 45.3. The first kappa shape index (κ1) is 37.0. The van der Waals surface area contributed by atoms with Gasteiger partial charge in [0.15, 0.2) is 5.58 Å². The fourth-order valence-corrected chi connectivity index (χ4v) is 7.39. The number of fused-ring (bicyclic) bond motifs is 6. The van der Waals surface area contributed by atoms with Crippen molar-refractivity contribution < 1.29 is 33.7 Å². The summed E-state index contributed by atoms with van der Waals surface area (Å²) in [5.41, 5.74) is 12.1. The average molecular weight is 893 g/mol. The second-order valence-electron chi connectivity index (χ2n) is 14.6. The summed E-state index contributed by atoms with van der Waals surface area (Å²) in [5, 5.41) is 14.4. The van der Waals surface area contributed by atoms with Crippen LogP contribution in [-0.4, -0.2) is 4.57 Å². The molecular formula is C49H40IrN4O-2. The molecule has 55 heavy (non-hydrogen) atoms. The van der Waals surface area contributed by atoms with Gasteiger partial charge in [-0.25, -0.2) is 0 Å². The van der Waals surface area contributed by atoms with Crippen LogP contribution in [0.3, 0.4) is 0 Å². The Hall–Kier alpha value is -6.38. The van der Waals surface area contributed by atoms with Crippen molar-refractivity contribution in [2.24, 2.45) is 0 Å². The first-order chi connectivity index (χ1) is 26.1. The number of benzene rings is 5. The SMILES string of the molecule is [CH2-]c1ccc2c(oc3c(-n4c5ccccc5c5ccccc54)c(C#N)ccc32)c1-c1cccc[n+]1[CH2-].[CH2-]c1ccccc1-c1ccc(C(C)(C)C)c[n+]1[CH2-].[Ir]. The van der Waals surface area contributed by atoms with Gasteiger partial charge in [0.2, 0.25) is 0 Å². The zero-order chi connectivity index (χ0) is 37.7. The van der Waals surface area contributed by atoms with Crippen molar-refractivity contribution in [3.8, 4) is 34.3 Å². The molecule has 5 aromatic carbocycles. The molecule has 0 saturated carbocycles. The van der Waals surface area contributed by atoms with E-state index in [1.165, 1.54) is 5.56 Å². The molecule has 5 nitrogen and oxygen atoms in total. The van der Waals surface area contributed by atoms with Gasteiger partial charge in [-0.2, -0.15) is 42.4 Å². The molecule has 0 aliphatic rings. The summed E-state index contributed by atoms with van der Waals surface area (Å²) in [6.07, 6.45) is 4.01. The van der Waals surface area contributed by atoms with Crippen LogP contribution in [0.5, 0.6) is 0 Å². The Bertz CT molecular complexity index is 2880.